The van der Waals surface area contributed by atoms with Crippen LogP contribution in [0.1, 0.15) is 12.5 Å². The zero-order chi connectivity index (χ0) is 18.8. The highest BCUT2D eigenvalue weighted by atomic mass is 35.5. The molecule has 0 spiro atoms. The molecule has 0 atom stereocenters. The summed E-state index contributed by atoms with van der Waals surface area (Å²) < 4.78 is 5.47. The van der Waals surface area contributed by atoms with Crippen molar-refractivity contribution in [2.45, 2.75) is 6.92 Å². The number of thiocarbonyl (C=S) groups is 1. The molecule has 0 unspecified atom stereocenters. The molecule has 26 heavy (non-hydrogen) atoms. The van der Waals surface area contributed by atoms with E-state index in [0.29, 0.717) is 21.6 Å². The minimum Gasteiger partial charge on any atom is -0.482 e. The Hall–Kier alpha value is -2.64. The number of para-hydroxylation sites is 1. The Kier molecular flexibility index (Phi) is 7.85. The number of carbonyl (C=O) groups is 1. The second-order valence-corrected chi connectivity index (χ2v) is 5.94. The maximum atomic E-state index is 11.9. The monoisotopic (exact) mass is 390 g/mol. The van der Waals surface area contributed by atoms with Gasteiger partial charge in [-0.25, -0.2) is 0 Å². The molecule has 0 aliphatic carbocycles. The summed E-state index contributed by atoms with van der Waals surface area (Å²) in [6, 6.07) is 14.3. The number of nitrogens with zero attached hydrogens (tertiary/aromatic N) is 1. The van der Waals surface area contributed by atoms with E-state index in [1.54, 1.807) is 36.5 Å². The molecular weight excluding hydrogens is 372 g/mol. The number of anilines is 1. The molecule has 0 radical (unpaired) electrons. The van der Waals surface area contributed by atoms with Crippen LogP contribution in [0, 0.1) is 0 Å². The van der Waals surface area contributed by atoms with Crippen molar-refractivity contribution in [2.24, 2.45) is 5.10 Å². The molecule has 0 fully saturated rings. The third kappa shape index (κ3) is 6.70. The van der Waals surface area contributed by atoms with Crippen LogP contribution in [0.3, 0.4) is 0 Å². The van der Waals surface area contributed by atoms with Gasteiger partial charge in [0.05, 0.1) is 11.2 Å². The Balaban J connectivity index is 1.86. The van der Waals surface area contributed by atoms with Crippen LogP contribution in [0.5, 0.6) is 5.75 Å². The number of carbonyl (C=O) groups excluding carboxylic acids is 1. The molecule has 2 aromatic carbocycles. The molecule has 136 valence electrons. The fraction of sp³-hybridized carbons (Fsp3) is 0.167. The van der Waals surface area contributed by atoms with E-state index in [0.717, 1.165) is 12.1 Å². The highest BCUT2D eigenvalue weighted by Gasteiger charge is 2.07. The van der Waals surface area contributed by atoms with Gasteiger partial charge in [-0.05, 0) is 55.0 Å². The minimum absolute atomic E-state index is 0.138. The van der Waals surface area contributed by atoms with Gasteiger partial charge in [-0.3, -0.25) is 10.2 Å². The lowest BCUT2D eigenvalue weighted by atomic mass is 10.2. The molecule has 0 saturated carbocycles. The number of ether oxygens (including phenoxy) is 1. The van der Waals surface area contributed by atoms with Gasteiger partial charge in [0.1, 0.15) is 5.75 Å². The first kappa shape index (κ1) is 19.7. The van der Waals surface area contributed by atoms with Crippen LogP contribution in [-0.4, -0.2) is 30.4 Å². The first-order valence-corrected chi connectivity index (χ1v) is 8.71. The summed E-state index contributed by atoms with van der Waals surface area (Å²) in [5, 5.41) is 10.5. The van der Waals surface area contributed by atoms with Crippen molar-refractivity contribution in [1.29, 1.82) is 0 Å². The van der Waals surface area contributed by atoms with Crippen molar-refractivity contribution in [3.05, 3.63) is 59.1 Å². The lowest BCUT2D eigenvalue weighted by Gasteiger charge is -2.09. The fourth-order valence-corrected chi connectivity index (χ4v) is 2.38. The lowest BCUT2D eigenvalue weighted by Crippen LogP contribution is -2.31. The molecule has 0 aromatic heterocycles. The smallest absolute Gasteiger partial charge is 0.262 e. The number of nitrogens with one attached hydrogen (secondary N) is 3. The van der Waals surface area contributed by atoms with E-state index in [-0.39, 0.29) is 12.5 Å². The van der Waals surface area contributed by atoms with Gasteiger partial charge in [0, 0.05) is 12.2 Å². The van der Waals surface area contributed by atoms with E-state index >= 15 is 0 Å². The van der Waals surface area contributed by atoms with E-state index < -0.39 is 0 Å². The molecule has 0 heterocycles. The number of hydrogen-bond donors (Lipinski definition) is 3. The Labute approximate surface area is 162 Å². The summed E-state index contributed by atoms with van der Waals surface area (Å²) in [6.45, 7) is 2.52. The summed E-state index contributed by atoms with van der Waals surface area (Å²) in [5.74, 6) is 0.155. The van der Waals surface area contributed by atoms with Crippen molar-refractivity contribution in [3.63, 3.8) is 0 Å². The number of halogens is 1. The van der Waals surface area contributed by atoms with Crippen molar-refractivity contribution in [3.8, 4) is 5.75 Å². The molecular formula is C18H19ClN4O2S. The highest BCUT2D eigenvalue weighted by molar-refractivity contribution is 7.80. The summed E-state index contributed by atoms with van der Waals surface area (Å²) in [4.78, 5) is 11.9. The molecule has 0 aliphatic rings. The average Bonchev–Trinajstić information content (AvgIpc) is 2.62. The SMILES string of the molecule is CCNC(=S)NN=Cc1ccc(OCC(=O)Nc2ccccc2)c(Cl)c1. The van der Waals surface area contributed by atoms with Gasteiger partial charge < -0.3 is 15.4 Å². The minimum atomic E-state index is -0.265. The Morgan fingerprint density at radius 3 is 2.73 bits per heavy atom. The van der Waals surface area contributed by atoms with E-state index in [1.807, 2.05) is 25.1 Å². The topological polar surface area (TPSA) is 74.8 Å². The predicted octanol–water partition coefficient (Wildman–Crippen LogP) is 3.18. The van der Waals surface area contributed by atoms with Crippen LogP contribution in [0.15, 0.2) is 53.6 Å². The quantitative estimate of drug-likeness (QED) is 0.384. The molecule has 8 heteroatoms. The lowest BCUT2D eigenvalue weighted by molar-refractivity contribution is -0.118. The normalized spacial score (nSPS) is 10.4. The largest absolute Gasteiger partial charge is 0.482 e. The first-order chi connectivity index (χ1) is 12.6. The number of hydrogen-bond acceptors (Lipinski definition) is 4. The van der Waals surface area contributed by atoms with Crippen molar-refractivity contribution in [2.75, 3.05) is 18.5 Å². The second kappa shape index (κ2) is 10.4. The summed E-state index contributed by atoms with van der Waals surface area (Å²) in [6.07, 6.45) is 1.58. The zero-order valence-corrected chi connectivity index (χ0v) is 15.7. The van der Waals surface area contributed by atoms with Gasteiger partial charge in [0.15, 0.2) is 11.7 Å². The molecule has 2 rings (SSSR count). The number of benzene rings is 2. The summed E-state index contributed by atoms with van der Waals surface area (Å²) in [5.41, 5.74) is 4.17. The van der Waals surface area contributed by atoms with Crippen LogP contribution in [0.25, 0.3) is 0 Å². The van der Waals surface area contributed by atoms with Crippen molar-refractivity contribution >= 4 is 46.7 Å². The summed E-state index contributed by atoms with van der Waals surface area (Å²) >= 11 is 11.2. The molecule has 0 aliphatic heterocycles. The van der Waals surface area contributed by atoms with Gasteiger partial charge in [0.2, 0.25) is 0 Å². The Bertz CT molecular complexity index is 784. The number of rotatable bonds is 7. The number of amides is 1. The Morgan fingerprint density at radius 2 is 2.04 bits per heavy atom. The highest BCUT2D eigenvalue weighted by Crippen LogP contribution is 2.24. The average molecular weight is 391 g/mol. The van der Waals surface area contributed by atoms with Gasteiger partial charge in [-0.1, -0.05) is 29.8 Å². The van der Waals surface area contributed by atoms with Gasteiger partial charge >= 0.3 is 0 Å². The van der Waals surface area contributed by atoms with Gasteiger partial charge in [-0.15, -0.1) is 0 Å². The van der Waals surface area contributed by atoms with Gasteiger partial charge in [0.25, 0.3) is 5.91 Å². The van der Waals surface area contributed by atoms with Crippen LogP contribution in [0.4, 0.5) is 5.69 Å². The number of hydrazone groups is 1. The van der Waals surface area contributed by atoms with Crippen LogP contribution in [-0.2, 0) is 4.79 Å². The summed E-state index contributed by atoms with van der Waals surface area (Å²) in [7, 11) is 0. The Morgan fingerprint density at radius 1 is 1.27 bits per heavy atom. The molecule has 3 N–H and O–H groups in total. The van der Waals surface area contributed by atoms with Crippen LogP contribution >= 0.6 is 23.8 Å². The predicted molar refractivity (Wildman–Crippen MR) is 109 cm³/mol. The first-order valence-electron chi connectivity index (χ1n) is 7.92. The molecule has 2 aromatic rings. The standard InChI is InChI=1S/C18H19ClN4O2S/c1-2-20-18(26)23-21-11-13-8-9-16(15(19)10-13)25-12-17(24)22-14-6-4-3-5-7-14/h3-11H,2,12H2,1H3,(H,22,24)(H2,20,23,26). The molecule has 1 amide bonds. The molecule has 6 nitrogen and oxygen atoms in total. The zero-order valence-electron chi connectivity index (χ0n) is 14.2. The molecule has 0 saturated heterocycles. The van der Waals surface area contributed by atoms with E-state index in [2.05, 4.69) is 21.2 Å². The fourth-order valence-electron chi connectivity index (χ4n) is 1.94. The third-order valence-corrected chi connectivity index (χ3v) is 3.62. The van der Waals surface area contributed by atoms with E-state index in [1.165, 1.54) is 0 Å². The van der Waals surface area contributed by atoms with E-state index in [9.17, 15) is 4.79 Å². The maximum Gasteiger partial charge on any atom is 0.262 e. The second-order valence-electron chi connectivity index (χ2n) is 5.12. The van der Waals surface area contributed by atoms with Crippen LogP contribution < -0.4 is 20.8 Å². The third-order valence-electron chi connectivity index (χ3n) is 3.09. The van der Waals surface area contributed by atoms with Crippen LogP contribution in [0.2, 0.25) is 5.02 Å². The van der Waals surface area contributed by atoms with Gasteiger partial charge in [-0.2, -0.15) is 5.10 Å². The van der Waals surface area contributed by atoms with Crippen molar-refractivity contribution in [1.82, 2.24) is 10.7 Å². The van der Waals surface area contributed by atoms with Crippen molar-refractivity contribution < 1.29 is 9.53 Å². The molecule has 0 bridgehead atoms. The maximum absolute atomic E-state index is 11.9. The van der Waals surface area contributed by atoms with E-state index in [4.69, 9.17) is 28.6 Å².